The quantitative estimate of drug-likeness (QED) is 0.537. The van der Waals surface area contributed by atoms with E-state index in [0.717, 1.165) is 5.56 Å². The van der Waals surface area contributed by atoms with Gasteiger partial charge in [-0.3, -0.25) is 5.41 Å². The number of aliphatic hydroxyl groups excluding tert-OH is 1. The molecule has 1 aliphatic heterocycles. The third kappa shape index (κ3) is 5.03. The molecule has 2 aromatic rings. The minimum Gasteiger partial charge on any atom is -0.508 e. The first-order valence-corrected chi connectivity index (χ1v) is 9.79. The van der Waals surface area contributed by atoms with Crippen molar-refractivity contribution in [3.63, 3.8) is 0 Å². The Bertz CT molecular complexity index is 969. The highest BCUT2D eigenvalue weighted by Crippen LogP contribution is 2.33. The van der Waals surface area contributed by atoms with E-state index in [4.69, 9.17) is 15.5 Å². The van der Waals surface area contributed by atoms with Crippen LogP contribution in [0.4, 0.5) is 11.4 Å². The lowest BCUT2D eigenvalue weighted by atomic mass is 10.1. The van der Waals surface area contributed by atoms with E-state index in [1.165, 1.54) is 0 Å². The maximum Gasteiger partial charge on any atom is 0.170 e. The maximum atomic E-state index is 10.1. The van der Waals surface area contributed by atoms with Gasteiger partial charge in [0.1, 0.15) is 17.2 Å². The molecule has 0 bridgehead atoms. The SMILES string of the molecule is Cc1cc(N=C2C(=N)N(Cc3ccccc3)N=C2CN(C)C)c(NCCO)cc1O. The highest BCUT2D eigenvalue weighted by molar-refractivity contribution is 6.70. The van der Waals surface area contributed by atoms with Crippen LogP contribution in [0.2, 0.25) is 0 Å². The summed E-state index contributed by atoms with van der Waals surface area (Å²) in [5.41, 5.74) is 4.13. The maximum absolute atomic E-state index is 10.1. The van der Waals surface area contributed by atoms with Crippen molar-refractivity contribution >= 4 is 28.6 Å². The zero-order valence-electron chi connectivity index (χ0n) is 17.6. The largest absolute Gasteiger partial charge is 0.508 e. The summed E-state index contributed by atoms with van der Waals surface area (Å²) in [5, 5.41) is 37.3. The summed E-state index contributed by atoms with van der Waals surface area (Å²) in [5.74, 6) is 0.378. The predicted octanol–water partition coefficient (Wildman–Crippen LogP) is 2.59. The normalized spacial score (nSPS) is 15.2. The van der Waals surface area contributed by atoms with Gasteiger partial charge in [0.2, 0.25) is 0 Å². The minimum absolute atomic E-state index is 0.0430. The van der Waals surface area contributed by atoms with Crippen LogP contribution in [0.3, 0.4) is 0 Å². The van der Waals surface area contributed by atoms with Crippen molar-refractivity contribution in [2.24, 2.45) is 10.1 Å². The summed E-state index contributed by atoms with van der Waals surface area (Å²) >= 11 is 0. The van der Waals surface area contributed by atoms with Crippen molar-refractivity contribution in [2.75, 3.05) is 39.1 Å². The number of aryl methyl sites for hydroxylation is 1. The summed E-state index contributed by atoms with van der Waals surface area (Å²) in [4.78, 5) is 6.74. The Morgan fingerprint density at radius 3 is 2.60 bits per heavy atom. The molecule has 0 fully saturated rings. The molecule has 2 aromatic carbocycles. The van der Waals surface area contributed by atoms with Crippen LogP contribution in [0.15, 0.2) is 52.6 Å². The van der Waals surface area contributed by atoms with Gasteiger partial charge in [0.25, 0.3) is 0 Å². The standard InChI is InChI=1S/C22H28N6O2/c1-15-11-18(17(12-20(15)30)24-9-10-29)25-21-19(14-27(2)3)26-28(22(21)23)13-16-7-5-4-6-8-16/h4-8,11-12,23-24,29-30H,9-10,13-14H2,1-3H3. The smallest absolute Gasteiger partial charge is 0.170 e. The molecule has 1 aliphatic rings. The minimum atomic E-state index is -0.0430. The van der Waals surface area contributed by atoms with Gasteiger partial charge >= 0.3 is 0 Å². The molecule has 8 nitrogen and oxygen atoms in total. The number of phenolic OH excluding ortho intramolecular Hbond substituents is 1. The molecule has 3 rings (SSSR count). The van der Waals surface area contributed by atoms with Gasteiger partial charge < -0.3 is 20.4 Å². The van der Waals surface area contributed by atoms with Gasteiger partial charge in [-0.25, -0.2) is 10.0 Å². The average molecular weight is 409 g/mol. The molecule has 0 radical (unpaired) electrons. The molecule has 8 heteroatoms. The van der Waals surface area contributed by atoms with Crippen molar-refractivity contribution in [3.05, 3.63) is 53.6 Å². The number of aromatic hydroxyl groups is 1. The molecule has 0 saturated carbocycles. The monoisotopic (exact) mass is 408 g/mol. The van der Waals surface area contributed by atoms with E-state index < -0.39 is 0 Å². The number of phenols is 1. The van der Waals surface area contributed by atoms with E-state index in [0.29, 0.717) is 48.0 Å². The number of rotatable bonds is 8. The molecule has 1 heterocycles. The number of hydrazone groups is 1. The zero-order chi connectivity index (χ0) is 21.7. The molecule has 0 aromatic heterocycles. The van der Waals surface area contributed by atoms with Gasteiger partial charge in [0.05, 0.1) is 24.5 Å². The van der Waals surface area contributed by atoms with Gasteiger partial charge in [-0.15, -0.1) is 0 Å². The number of hydrogen-bond acceptors (Lipinski definition) is 7. The van der Waals surface area contributed by atoms with Crippen molar-refractivity contribution in [2.45, 2.75) is 13.5 Å². The van der Waals surface area contributed by atoms with Crippen LogP contribution in [0, 0.1) is 12.3 Å². The van der Waals surface area contributed by atoms with Gasteiger partial charge in [-0.1, -0.05) is 30.3 Å². The molecule has 158 valence electrons. The number of nitrogens with zero attached hydrogens (tertiary/aromatic N) is 4. The Morgan fingerprint density at radius 1 is 1.20 bits per heavy atom. The highest BCUT2D eigenvalue weighted by Gasteiger charge is 2.29. The molecular formula is C22H28N6O2. The average Bonchev–Trinajstić information content (AvgIpc) is 2.98. The van der Waals surface area contributed by atoms with Gasteiger partial charge in [-0.05, 0) is 38.2 Å². The Hall–Kier alpha value is -3.23. The molecule has 0 unspecified atom stereocenters. The van der Waals surface area contributed by atoms with Crippen molar-refractivity contribution in [1.82, 2.24) is 9.91 Å². The summed E-state index contributed by atoms with van der Waals surface area (Å²) < 4.78 is 0. The lowest BCUT2D eigenvalue weighted by Crippen LogP contribution is -2.31. The Balaban J connectivity index is 1.98. The second-order valence-electron chi connectivity index (χ2n) is 7.44. The van der Waals surface area contributed by atoms with Crippen molar-refractivity contribution in [1.29, 1.82) is 5.41 Å². The van der Waals surface area contributed by atoms with E-state index in [1.807, 2.05) is 49.3 Å². The molecule has 0 saturated heterocycles. The number of benzene rings is 2. The van der Waals surface area contributed by atoms with Gasteiger partial charge in [-0.2, -0.15) is 5.10 Å². The van der Waals surface area contributed by atoms with Crippen LogP contribution in [-0.4, -0.2) is 71.2 Å². The number of amidine groups is 1. The van der Waals surface area contributed by atoms with E-state index in [9.17, 15) is 5.11 Å². The summed E-state index contributed by atoms with van der Waals surface area (Å²) in [6.45, 7) is 3.11. The number of aliphatic imine (C=N–C) groups is 1. The fraction of sp³-hybridized carbons (Fsp3) is 0.318. The van der Waals surface area contributed by atoms with Crippen LogP contribution < -0.4 is 5.32 Å². The summed E-state index contributed by atoms with van der Waals surface area (Å²) in [6, 6.07) is 13.3. The highest BCUT2D eigenvalue weighted by atomic mass is 16.3. The molecule has 0 atom stereocenters. The molecule has 0 aliphatic carbocycles. The van der Waals surface area contributed by atoms with Crippen LogP contribution in [0.25, 0.3) is 0 Å². The van der Waals surface area contributed by atoms with Crippen LogP contribution in [-0.2, 0) is 6.54 Å². The number of anilines is 1. The third-order valence-electron chi connectivity index (χ3n) is 4.61. The fourth-order valence-electron chi connectivity index (χ4n) is 3.12. The first-order valence-electron chi connectivity index (χ1n) is 9.79. The van der Waals surface area contributed by atoms with E-state index in [2.05, 4.69) is 10.4 Å². The summed E-state index contributed by atoms with van der Waals surface area (Å²) in [6.07, 6.45) is 0. The molecule has 0 spiro atoms. The second-order valence-corrected chi connectivity index (χ2v) is 7.44. The lowest BCUT2D eigenvalue weighted by molar-refractivity contribution is 0.311. The summed E-state index contributed by atoms with van der Waals surface area (Å²) in [7, 11) is 3.89. The predicted molar refractivity (Wildman–Crippen MR) is 121 cm³/mol. The van der Waals surface area contributed by atoms with Gasteiger partial charge in [0.15, 0.2) is 5.84 Å². The van der Waals surface area contributed by atoms with E-state index in [1.54, 1.807) is 24.1 Å². The Kier molecular flexibility index (Phi) is 6.81. The molecule has 30 heavy (non-hydrogen) atoms. The van der Waals surface area contributed by atoms with E-state index >= 15 is 0 Å². The van der Waals surface area contributed by atoms with Crippen LogP contribution >= 0.6 is 0 Å². The second kappa shape index (κ2) is 9.51. The number of hydrogen-bond donors (Lipinski definition) is 4. The third-order valence-corrected chi connectivity index (χ3v) is 4.61. The number of aliphatic hydroxyl groups is 1. The first kappa shape index (κ1) is 21.5. The lowest BCUT2D eigenvalue weighted by Gasteiger charge is -2.14. The van der Waals surface area contributed by atoms with E-state index in [-0.39, 0.29) is 18.2 Å². The molecule has 0 amide bonds. The molecule has 4 N–H and O–H groups in total. The number of nitrogens with one attached hydrogen (secondary N) is 2. The topological polar surface area (TPSA) is 108 Å². The van der Waals surface area contributed by atoms with Gasteiger partial charge in [0, 0.05) is 19.2 Å². The molecular weight excluding hydrogens is 380 g/mol. The first-order chi connectivity index (χ1) is 14.4. The van der Waals surface area contributed by atoms with Crippen LogP contribution in [0.1, 0.15) is 11.1 Å². The van der Waals surface area contributed by atoms with Crippen LogP contribution in [0.5, 0.6) is 5.75 Å². The van der Waals surface area contributed by atoms with Crippen molar-refractivity contribution in [3.8, 4) is 5.75 Å². The Labute approximate surface area is 176 Å². The Morgan fingerprint density at radius 2 is 1.93 bits per heavy atom. The zero-order valence-corrected chi connectivity index (χ0v) is 17.6. The van der Waals surface area contributed by atoms with Crippen molar-refractivity contribution < 1.29 is 10.2 Å². The fourth-order valence-corrected chi connectivity index (χ4v) is 3.12.